The highest BCUT2D eigenvalue weighted by molar-refractivity contribution is 5.69. The zero-order valence-corrected chi connectivity index (χ0v) is 9.50. The summed E-state index contributed by atoms with van der Waals surface area (Å²) in [6, 6.07) is 16.0. The summed E-state index contributed by atoms with van der Waals surface area (Å²) in [4.78, 5) is 10.9. The van der Waals surface area contributed by atoms with Crippen LogP contribution in [0.15, 0.2) is 54.6 Å². The molecule has 0 saturated heterocycles. The Bertz CT molecular complexity index is 512. The Hall–Kier alpha value is -2.53. The molecule has 0 aliphatic heterocycles. The second-order valence-electron chi connectivity index (χ2n) is 3.42. The van der Waals surface area contributed by atoms with Gasteiger partial charge in [-0.15, -0.1) is 0 Å². The number of hydrazine groups is 1. The number of amides is 1. The first-order valence-corrected chi connectivity index (χ1v) is 5.29. The second kappa shape index (κ2) is 5.70. The van der Waals surface area contributed by atoms with E-state index in [2.05, 4.69) is 0 Å². The lowest BCUT2D eigenvalue weighted by Crippen LogP contribution is -2.32. The van der Waals surface area contributed by atoms with E-state index in [1.807, 2.05) is 35.8 Å². The van der Waals surface area contributed by atoms with Gasteiger partial charge in [0.25, 0.3) is 0 Å². The van der Waals surface area contributed by atoms with Crippen molar-refractivity contribution in [2.45, 2.75) is 0 Å². The van der Waals surface area contributed by atoms with Gasteiger partial charge in [-0.05, 0) is 36.4 Å². The molecule has 0 aliphatic rings. The van der Waals surface area contributed by atoms with Gasteiger partial charge in [-0.2, -0.15) is 0 Å². The van der Waals surface area contributed by atoms with E-state index in [4.69, 9.17) is 15.3 Å². The van der Waals surface area contributed by atoms with Crippen LogP contribution >= 0.6 is 0 Å². The summed E-state index contributed by atoms with van der Waals surface area (Å²) in [7, 11) is 0. The predicted molar refractivity (Wildman–Crippen MR) is 66.3 cm³/mol. The van der Waals surface area contributed by atoms with Gasteiger partial charge in [0.2, 0.25) is 0 Å². The van der Waals surface area contributed by atoms with Crippen LogP contribution in [0.4, 0.5) is 4.79 Å². The number of benzene rings is 2. The van der Waals surface area contributed by atoms with Crippen LogP contribution in [0.1, 0.15) is 0 Å². The number of hydrogen-bond acceptors (Lipinski definition) is 4. The van der Waals surface area contributed by atoms with Crippen molar-refractivity contribution in [3.63, 3.8) is 0 Å². The van der Waals surface area contributed by atoms with Gasteiger partial charge < -0.3 is 9.47 Å². The topological polar surface area (TPSA) is 73.6 Å². The summed E-state index contributed by atoms with van der Waals surface area (Å²) in [5.74, 6) is 6.69. The van der Waals surface area contributed by atoms with Crippen molar-refractivity contribution in [3.05, 3.63) is 54.6 Å². The molecule has 0 fully saturated rings. The van der Waals surface area contributed by atoms with Crippen molar-refractivity contribution in [1.82, 2.24) is 5.43 Å². The molecule has 0 unspecified atom stereocenters. The van der Waals surface area contributed by atoms with Gasteiger partial charge in [-0.1, -0.05) is 18.2 Å². The highest BCUT2D eigenvalue weighted by Gasteiger charge is 2.02. The van der Waals surface area contributed by atoms with E-state index in [1.54, 1.807) is 24.3 Å². The lowest BCUT2D eigenvalue weighted by molar-refractivity contribution is 0.200. The van der Waals surface area contributed by atoms with Crippen LogP contribution in [0.5, 0.6) is 17.2 Å². The number of ether oxygens (including phenoxy) is 2. The van der Waals surface area contributed by atoms with Gasteiger partial charge >= 0.3 is 6.09 Å². The van der Waals surface area contributed by atoms with E-state index in [1.165, 1.54) is 0 Å². The molecule has 18 heavy (non-hydrogen) atoms. The smallest absolute Gasteiger partial charge is 0.426 e. The van der Waals surface area contributed by atoms with Crippen LogP contribution in [-0.2, 0) is 0 Å². The average molecular weight is 244 g/mol. The molecule has 0 bridgehead atoms. The molecule has 0 radical (unpaired) electrons. The highest BCUT2D eigenvalue weighted by atomic mass is 16.6. The summed E-state index contributed by atoms with van der Waals surface area (Å²) in [5.41, 5.74) is 1.88. The fourth-order valence-electron chi connectivity index (χ4n) is 1.34. The number of nitrogens with one attached hydrogen (secondary N) is 1. The third-order valence-corrected chi connectivity index (χ3v) is 2.13. The molecule has 1 amide bonds. The first-order valence-electron chi connectivity index (χ1n) is 5.29. The van der Waals surface area contributed by atoms with Gasteiger partial charge in [-0.3, -0.25) is 5.43 Å². The molecular weight excluding hydrogens is 232 g/mol. The molecule has 0 spiro atoms. The summed E-state index contributed by atoms with van der Waals surface area (Å²) >= 11 is 0. The molecule has 0 atom stereocenters. The van der Waals surface area contributed by atoms with E-state index in [0.717, 1.165) is 5.75 Å². The van der Waals surface area contributed by atoms with E-state index in [9.17, 15) is 4.79 Å². The summed E-state index contributed by atoms with van der Waals surface area (Å²) in [5, 5.41) is 0. The summed E-state index contributed by atoms with van der Waals surface area (Å²) in [6.45, 7) is 0. The second-order valence-corrected chi connectivity index (χ2v) is 3.42. The number of nitrogens with two attached hydrogens (primary N) is 1. The zero-order chi connectivity index (χ0) is 12.8. The molecule has 5 heteroatoms. The summed E-state index contributed by atoms with van der Waals surface area (Å²) < 4.78 is 10.4. The Kier molecular flexibility index (Phi) is 3.78. The third-order valence-electron chi connectivity index (χ3n) is 2.13. The molecular formula is C13H12N2O3. The van der Waals surface area contributed by atoms with Gasteiger partial charge in [0.1, 0.15) is 17.2 Å². The molecule has 0 aliphatic carbocycles. The van der Waals surface area contributed by atoms with Crippen LogP contribution < -0.4 is 20.7 Å². The maximum absolute atomic E-state index is 10.9. The van der Waals surface area contributed by atoms with Gasteiger partial charge in [0.05, 0.1) is 0 Å². The van der Waals surface area contributed by atoms with E-state index in [-0.39, 0.29) is 0 Å². The number of carbonyl (C=O) groups excluding carboxylic acids is 1. The highest BCUT2D eigenvalue weighted by Crippen LogP contribution is 2.23. The number of rotatable bonds is 3. The number of hydrogen-bond donors (Lipinski definition) is 2. The lowest BCUT2D eigenvalue weighted by Gasteiger charge is -2.06. The van der Waals surface area contributed by atoms with Crippen LogP contribution in [0.3, 0.4) is 0 Å². The normalized spacial score (nSPS) is 9.61. The Morgan fingerprint density at radius 1 is 0.889 bits per heavy atom. The molecule has 0 heterocycles. The monoisotopic (exact) mass is 244 g/mol. The minimum Gasteiger partial charge on any atom is -0.457 e. The zero-order valence-electron chi connectivity index (χ0n) is 9.50. The largest absolute Gasteiger partial charge is 0.457 e. The molecule has 92 valence electrons. The predicted octanol–water partition coefficient (Wildman–Crippen LogP) is 2.44. The maximum atomic E-state index is 10.9. The molecule has 2 rings (SSSR count). The van der Waals surface area contributed by atoms with Crippen molar-refractivity contribution in [2.24, 2.45) is 5.84 Å². The standard InChI is InChI=1S/C13H12N2O3/c14-15-13(16)18-12-8-6-11(7-9-12)17-10-4-2-1-3-5-10/h1-9H,14H2,(H,15,16). The fourth-order valence-corrected chi connectivity index (χ4v) is 1.34. The molecule has 0 aromatic heterocycles. The number of carbonyl (C=O) groups is 1. The van der Waals surface area contributed by atoms with Crippen molar-refractivity contribution in [2.75, 3.05) is 0 Å². The van der Waals surface area contributed by atoms with Crippen LogP contribution in [0.2, 0.25) is 0 Å². The van der Waals surface area contributed by atoms with Crippen molar-refractivity contribution in [3.8, 4) is 17.2 Å². The minimum atomic E-state index is -0.716. The first-order chi connectivity index (χ1) is 8.78. The average Bonchev–Trinajstić information content (AvgIpc) is 2.42. The summed E-state index contributed by atoms with van der Waals surface area (Å²) in [6.07, 6.45) is -0.716. The molecule has 3 N–H and O–H groups in total. The Balaban J connectivity index is 2.02. The third kappa shape index (κ3) is 3.23. The van der Waals surface area contributed by atoms with Crippen LogP contribution in [0, 0.1) is 0 Å². The molecule has 2 aromatic rings. The maximum Gasteiger partial charge on any atom is 0.426 e. The lowest BCUT2D eigenvalue weighted by atomic mass is 10.3. The van der Waals surface area contributed by atoms with E-state index in [0.29, 0.717) is 11.5 Å². The fraction of sp³-hybridized carbons (Fsp3) is 0. The van der Waals surface area contributed by atoms with Gasteiger partial charge in [0, 0.05) is 0 Å². The molecule has 2 aromatic carbocycles. The Labute approximate surface area is 104 Å². The quantitative estimate of drug-likeness (QED) is 0.494. The van der Waals surface area contributed by atoms with Crippen molar-refractivity contribution in [1.29, 1.82) is 0 Å². The van der Waals surface area contributed by atoms with Crippen molar-refractivity contribution >= 4 is 6.09 Å². The van der Waals surface area contributed by atoms with Gasteiger partial charge in [0.15, 0.2) is 0 Å². The Morgan fingerprint density at radius 2 is 1.44 bits per heavy atom. The SMILES string of the molecule is NNC(=O)Oc1ccc(Oc2ccccc2)cc1. The Morgan fingerprint density at radius 3 is 2.06 bits per heavy atom. The number of para-hydroxylation sites is 1. The van der Waals surface area contributed by atoms with Gasteiger partial charge in [-0.25, -0.2) is 10.6 Å². The van der Waals surface area contributed by atoms with Crippen molar-refractivity contribution < 1.29 is 14.3 Å². The van der Waals surface area contributed by atoms with E-state index < -0.39 is 6.09 Å². The first kappa shape index (κ1) is 11.9. The van der Waals surface area contributed by atoms with Crippen LogP contribution in [0.25, 0.3) is 0 Å². The van der Waals surface area contributed by atoms with Crippen LogP contribution in [-0.4, -0.2) is 6.09 Å². The molecule has 5 nitrogen and oxygen atoms in total. The van der Waals surface area contributed by atoms with E-state index >= 15 is 0 Å². The minimum absolute atomic E-state index is 0.387. The molecule has 0 saturated carbocycles.